The molecule has 0 bridgehead atoms. The predicted molar refractivity (Wildman–Crippen MR) is 59.8 cm³/mol. The van der Waals surface area contributed by atoms with Gasteiger partial charge in [-0.15, -0.1) is 0 Å². The minimum absolute atomic E-state index is 0.206. The monoisotopic (exact) mass is 222 g/mol. The number of para-hydroxylation sites is 1. The second-order valence-electron chi connectivity index (χ2n) is 3.78. The molecular formula is C11H14N2O3. The summed E-state index contributed by atoms with van der Waals surface area (Å²) in [4.78, 5) is 10.9. The van der Waals surface area contributed by atoms with Gasteiger partial charge in [0, 0.05) is 12.5 Å². The first-order chi connectivity index (χ1) is 7.65. The molecule has 1 aromatic carbocycles. The van der Waals surface area contributed by atoms with Crippen LogP contribution in [0.25, 0.3) is 0 Å². The van der Waals surface area contributed by atoms with Crippen LogP contribution in [0.2, 0.25) is 0 Å². The zero-order valence-corrected chi connectivity index (χ0v) is 8.93. The van der Waals surface area contributed by atoms with E-state index in [2.05, 4.69) is 5.32 Å². The molecule has 2 unspecified atom stereocenters. The highest BCUT2D eigenvalue weighted by Gasteiger charge is 2.33. The van der Waals surface area contributed by atoms with Crippen LogP contribution in [0.4, 0.5) is 5.69 Å². The molecule has 0 radical (unpaired) electrons. The summed E-state index contributed by atoms with van der Waals surface area (Å²) in [6.07, 6.45) is 0. The molecule has 0 saturated heterocycles. The lowest BCUT2D eigenvalue weighted by molar-refractivity contribution is -0.138. The van der Waals surface area contributed by atoms with Crippen LogP contribution < -0.4 is 15.8 Å². The summed E-state index contributed by atoms with van der Waals surface area (Å²) in [5.41, 5.74) is 7.41. The fourth-order valence-electron chi connectivity index (χ4n) is 2.03. The van der Waals surface area contributed by atoms with Gasteiger partial charge >= 0.3 is 5.97 Å². The first-order valence-electron chi connectivity index (χ1n) is 5.04. The van der Waals surface area contributed by atoms with Crippen LogP contribution in [0.1, 0.15) is 11.5 Å². The van der Waals surface area contributed by atoms with Crippen molar-refractivity contribution in [1.29, 1.82) is 0 Å². The molecule has 2 rings (SSSR count). The largest absolute Gasteiger partial charge is 0.495 e. The molecule has 0 amide bonds. The molecule has 1 heterocycles. The summed E-state index contributed by atoms with van der Waals surface area (Å²) in [6, 6.07) is 4.67. The summed E-state index contributed by atoms with van der Waals surface area (Å²) in [6.45, 7) is 0.531. The van der Waals surface area contributed by atoms with Crippen molar-refractivity contribution < 1.29 is 14.6 Å². The zero-order chi connectivity index (χ0) is 11.7. The number of anilines is 1. The lowest BCUT2D eigenvalue weighted by Crippen LogP contribution is -2.37. The summed E-state index contributed by atoms with van der Waals surface area (Å²) < 4.78 is 5.19. The van der Waals surface area contributed by atoms with E-state index in [9.17, 15) is 4.79 Å². The summed E-state index contributed by atoms with van der Waals surface area (Å²) in [5.74, 6) is -0.470. The Bertz CT molecular complexity index is 420. The lowest BCUT2D eigenvalue weighted by Gasteiger charge is -2.14. The van der Waals surface area contributed by atoms with Crippen molar-refractivity contribution in [2.45, 2.75) is 12.0 Å². The maximum Gasteiger partial charge on any atom is 0.321 e. The molecule has 4 N–H and O–H groups in total. The van der Waals surface area contributed by atoms with E-state index in [0.717, 1.165) is 17.0 Å². The number of carbonyl (C=O) groups is 1. The van der Waals surface area contributed by atoms with Crippen molar-refractivity contribution in [3.63, 3.8) is 0 Å². The first kappa shape index (κ1) is 10.8. The Morgan fingerprint density at radius 2 is 2.44 bits per heavy atom. The van der Waals surface area contributed by atoms with Crippen molar-refractivity contribution in [3.8, 4) is 5.75 Å². The number of methoxy groups -OCH3 is 1. The maximum atomic E-state index is 10.9. The molecular weight excluding hydrogens is 208 g/mol. The molecule has 5 heteroatoms. The number of carboxylic acids is 1. The van der Waals surface area contributed by atoms with E-state index < -0.39 is 12.0 Å². The van der Waals surface area contributed by atoms with Crippen LogP contribution in [-0.4, -0.2) is 30.8 Å². The predicted octanol–water partition coefficient (Wildman–Crippen LogP) is 0.616. The summed E-state index contributed by atoms with van der Waals surface area (Å²) in [7, 11) is 1.59. The van der Waals surface area contributed by atoms with E-state index >= 15 is 0 Å². The number of aliphatic carboxylic acids is 1. The van der Waals surface area contributed by atoms with Gasteiger partial charge in [-0.25, -0.2) is 0 Å². The average molecular weight is 222 g/mol. The maximum absolute atomic E-state index is 10.9. The summed E-state index contributed by atoms with van der Waals surface area (Å²) in [5, 5.41) is 12.0. The third kappa shape index (κ3) is 1.59. The Labute approximate surface area is 93.2 Å². The van der Waals surface area contributed by atoms with Gasteiger partial charge < -0.3 is 20.9 Å². The van der Waals surface area contributed by atoms with Crippen molar-refractivity contribution in [2.24, 2.45) is 5.73 Å². The van der Waals surface area contributed by atoms with Gasteiger partial charge in [0.2, 0.25) is 0 Å². The third-order valence-electron chi connectivity index (χ3n) is 2.90. The van der Waals surface area contributed by atoms with Crippen LogP contribution in [0.15, 0.2) is 18.2 Å². The van der Waals surface area contributed by atoms with Crippen LogP contribution in [0.3, 0.4) is 0 Å². The smallest absolute Gasteiger partial charge is 0.321 e. The highest BCUT2D eigenvalue weighted by Crippen LogP contribution is 2.39. The Balaban J connectivity index is 2.37. The first-order valence-corrected chi connectivity index (χ1v) is 5.04. The fraction of sp³-hybridized carbons (Fsp3) is 0.364. The zero-order valence-electron chi connectivity index (χ0n) is 8.93. The number of ether oxygens (including phenoxy) is 1. The normalized spacial score (nSPS) is 19.8. The second kappa shape index (κ2) is 4.02. The number of benzene rings is 1. The van der Waals surface area contributed by atoms with Gasteiger partial charge in [-0.3, -0.25) is 4.79 Å². The third-order valence-corrected chi connectivity index (χ3v) is 2.90. The van der Waals surface area contributed by atoms with Crippen LogP contribution in [0.5, 0.6) is 5.75 Å². The Kier molecular flexibility index (Phi) is 2.70. The van der Waals surface area contributed by atoms with Crippen molar-refractivity contribution in [1.82, 2.24) is 0 Å². The van der Waals surface area contributed by atoms with Crippen molar-refractivity contribution in [2.75, 3.05) is 19.0 Å². The molecule has 0 fully saturated rings. The van der Waals surface area contributed by atoms with E-state index in [4.69, 9.17) is 15.6 Å². The Morgan fingerprint density at radius 1 is 1.69 bits per heavy atom. The molecule has 2 atom stereocenters. The number of nitrogens with one attached hydrogen (secondary N) is 1. The Hall–Kier alpha value is -1.75. The molecule has 1 aromatic rings. The van der Waals surface area contributed by atoms with Crippen molar-refractivity contribution >= 4 is 11.7 Å². The van der Waals surface area contributed by atoms with Gasteiger partial charge in [0.15, 0.2) is 0 Å². The Morgan fingerprint density at radius 3 is 3.06 bits per heavy atom. The van der Waals surface area contributed by atoms with E-state index in [1.807, 2.05) is 18.2 Å². The fourth-order valence-corrected chi connectivity index (χ4v) is 2.03. The number of hydrogen-bond acceptors (Lipinski definition) is 4. The highest BCUT2D eigenvalue weighted by atomic mass is 16.5. The number of hydrogen-bond donors (Lipinski definition) is 3. The topological polar surface area (TPSA) is 84.6 Å². The second-order valence-corrected chi connectivity index (χ2v) is 3.78. The lowest BCUT2D eigenvalue weighted by atomic mass is 9.94. The standard InChI is InChI=1S/C11H14N2O3/c1-16-8-4-2-3-6-7(5-13-10(6)8)9(12)11(14)15/h2-4,7,9,13H,5,12H2,1H3,(H,14,15). The van der Waals surface area contributed by atoms with Crippen molar-refractivity contribution in [3.05, 3.63) is 23.8 Å². The molecule has 0 saturated carbocycles. The molecule has 0 aliphatic carbocycles. The molecule has 0 aromatic heterocycles. The van der Waals surface area contributed by atoms with Crippen LogP contribution >= 0.6 is 0 Å². The minimum atomic E-state index is -0.984. The SMILES string of the molecule is COc1cccc2c1NCC2C(N)C(=O)O. The van der Waals surface area contributed by atoms with Crippen LogP contribution in [-0.2, 0) is 4.79 Å². The molecule has 86 valence electrons. The number of rotatable bonds is 3. The average Bonchev–Trinajstić information content (AvgIpc) is 2.71. The number of carboxylic acid groups (broad SMARTS) is 1. The molecule has 1 aliphatic rings. The number of nitrogens with two attached hydrogens (primary N) is 1. The molecule has 0 spiro atoms. The van der Waals surface area contributed by atoms with Crippen LogP contribution in [0, 0.1) is 0 Å². The van der Waals surface area contributed by atoms with E-state index in [0.29, 0.717) is 6.54 Å². The van der Waals surface area contributed by atoms with E-state index in [1.165, 1.54) is 0 Å². The molecule has 5 nitrogen and oxygen atoms in total. The van der Waals surface area contributed by atoms with E-state index in [-0.39, 0.29) is 5.92 Å². The van der Waals surface area contributed by atoms with E-state index in [1.54, 1.807) is 7.11 Å². The minimum Gasteiger partial charge on any atom is -0.495 e. The van der Waals surface area contributed by atoms with Gasteiger partial charge in [-0.05, 0) is 11.6 Å². The summed E-state index contributed by atoms with van der Waals surface area (Å²) >= 11 is 0. The van der Waals surface area contributed by atoms with Gasteiger partial charge in [0.05, 0.1) is 12.8 Å². The van der Waals surface area contributed by atoms with Gasteiger partial charge in [0.1, 0.15) is 11.8 Å². The van der Waals surface area contributed by atoms with Gasteiger partial charge in [0.25, 0.3) is 0 Å². The quantitative estimate of drug-likeness (QED) is 0.698. The molecule has 1 aliphatic heterocycles. The molecule has 16 heavy (non-hydrogen) atoms. The number of fused-ring (bicyclic) bond motifs is 1. The highest BCUT2D eigenvalue weighted by molar-refractivity contribution is 5.78. The van der Waals surface area contributed by atoms with Gasteiger partial charge in [-0.2, -0.15) is 0 Å². The van der Waals surface area contributed by atoms with Gasteiger partial charge in [-0.1, -0.05) is 12.1 Å².